The predicted molar refractivity (Wildman–Crippen MR) is 151 cm³/mol. The number of hydrogen-bond acceptors (Lipinski definition) is 5. The summed E-state index contributed by atoms with van der Waals surface area (Å²) in [6, 6.07) is 12.5. The van der Waals surface area contributed by atoms with E-state index in [0.29, 0.717) is 23.4 Å². The third kappa shape index (κ3) is 7.32. The van der Waals surface area contributed by atoms with Crippen LogP contribution in [0.2, 0.25) is 0 Å². The Labute approximate surface area is 249 Å². The molecule has 0 spiro atoms. The fourth-order valence-electron chi connectivity index (χ4n) is 4.06. The summed E-state index contributed by atoms with van der Waals surface area (Å²) < 4.78 is 81.7. The molecule has 0 fully saturated rings. The zero-order valence-corrected chi connectivity index (χ0v) is 23.3. The number of rotatable bonds is 8. The summed E-state index contributed by atoms with van der Waals surface area (Å²) in [6.07, 6.45) is -10.1. The second-order valence-electron chi connectivity index (χ2n) is 9.21. The predicted octanol–water partition coefficient (Wildman–Crippen LogP) is 8.48. The quantitative estimate of drug-likeness (QED) is 0.133. The van der Waals surface area contributed by atoms with E-state index in [1.807, 2.05) is 0 Å². The Bertz CT molecular complexity index is 1740. The Morgan fingerprint density at radius 3 is 2.05 bits per heavy atom. The number of carbonyl (C=O) groups is 2. The van der Waals surface area contributed by atoms with Gasteiger partial charge in [-0.1, -0.05) is 24.8 Å². The molecule has 0 aliphatic rings. The molecular weight excluding hydrogens is 618 g/mol. The number of aromatic carboxylic acids is 1. The number of benzene rings is 3. The number of aromatic hydroxyl groups is 1. The molecular formula is C29H20F6N2O4S2. The fourth-order valence-corrected chi connectivity index (χ4v) is 5.40. The number of thiazole rings is 1. The molecule has 3 aromatic carbocycles. The minimum Gasteiger partial charge on any atom is -0.493 e. The summed E-state index contributed by atoms with van der Waals surface area (Å²) in [7, 11) is 0. The van der Waals surface area contributed by atoms with Crippen LogP contribution >= 0.6 is 23.6 Å². The Balaban J connectivity index is 1.55. The SMILES string of the molecule is C=C(c1cccc(-c2cc(C(F)(F)F)cc(C(F)(F)F)c2)c1)c1sc(=S)n(CCC(=O)Nc2ccc(C(=O)O)cc2)c1O. The maximum absolute atomic E-state index is 13.4. The molecule has 1 amide bonds. The number of nitrogens with zero attached hydrogens (tertiary/aromatic N) is 1. The molecule has 0 aliphatic carbocycles. The molecule has 1 aromatic heterocycles. The van der Waals surface area contributed by atoms with Gasteiger partial charge in [0.2, 0.25) is 11.8 Å². The number of carboxylic acids is 1. The van der Waals surface area contributed by atoms with Crippen molar-refractivity contribution in [2.24, 2.45) is 0 Å². The molecule has 1 heterocycles. The van der Waals surface area contributed by atoms with Crippen LogP contribution in [-0.2, 0) is 23.7 Å². The van der Waals surface area contributed by atoms with Crippen LogP contribution in [0.5, 0.6) is 5.88 Å². The number of halogens is 6. The van der Waals surface area contributed by atoms with Gasteiger partial charge >= 0.3 is 18.3 Å². The summed E-state index contributed by atoms with van der Waals surface area (Å²) in [5.41, 5.74) is -2.21. The molecule has 0 atom stereocenters. The Hall–Kier alpha value is -4.43. The van der Waals surface area contributed by atoms with Gasteiger partial charge in [0.15, 0.2) is 3.95 Å². The van der Waals surface area contributed by atoms with Gasteiger partial charge in [-0.3, -0.25) is 9.36 Å². The van der Waals surface area contributed by atoms with Crippen molar-refractivity contribution in [3.8, 4) is 17.0 Å². The van der Waals surface area contributed by atoms with Gasteiger partial charge in [0.25, 0.3) is 0 Å². The Morgan fingerprint density at radius 1 is 0.884 bits per heavy atom. The molecule has 0 saturated carbocycles. The van der Waals surface area contributed by atoms with Crippen LogP contribution < -0.4 is 5.32 Å². The second-order valence-corrected chi connectivity index (χ2v) is 10.9. The van der Waals surface area contributed by atoms with Crippen LogP contribution in [0.4, 0.5) is 32.0 Å². The highest BCUT2D eigenvalue weighted by molar-refractivity contribution is 7.73. The summed E-state index contributed by atoms with van der Waals surface area (Å²) in [5, 5.41) is 22.4. The van der Waals surface area contributed by atoms with E-state index in [1.54, 1.807) is 0 Å². The summed E-state index contributed by atoms with van der Waals surface area (Å²) in [6.45, 7) is 3.91. The van der Waals surface area contributed by atoms with Crippen molar-refractivity contribution in [2.45, 2.75) is 25.3 Å². The van der Waals surface area contributed by atoms with Crippen LogP contribution in [0.25, 0.3) is 16.7 Å². The first-order valence-corrected chi connectivity index (χ1v) is 13.4. The Kier molecular flexibility index (Phi) is 8.83. The maximum atomic E-state index is 13.4. The van der Waals surface area contributed by atoms with Crippen LogP contribution in [-0.4, -0.2) is 26.7 Å². The lowest BCUT2D eigenvalue weighted by molar-refractivity contribution is -0.143. The smallest absolute Gasteiger partial charge is 0.416 e. The number of amides is 1. The van der Waals surface area contributed by atoms with Crippen molar-refractivity contribution in [1.82, 2.24) is 4.57 Å². The van der Waals surface area contributed by atoms with Crippen molar-refractivity contribution < 1.29 is 46.1 Å². The summed E-state index contributed by atoms with van der Waals surface area (Å²) >= 11 is 6.29. The minimum absolute atomic E-state index is 0.0298. The molecule has 43 heavy (non-hydrogen) atoms. The van der Waals surface area contributed by atoms with Gasteiger partial charge in [0.05, 0.1) is 21.6 Å². The Morgan fingerprint density at radius 2 is 1.49 bits per heavy atom. The fraction of sp³-hybridized carbons (Fsp3) is 0.138. The molecule has 3 N–H and O–H groups in total. The number of nitrogens with one attached hydrogen (secondary N) is 1. The summed E-state index contributed by atoms with van der Waals surface area (Å²) in [5.74, 6) is -1.87. The molecule has 0 radical (unpaired) electrons. The summed E-state index contributed by atoms with van der Waals surface area (Å²) in [4.78, 5) is 23.6. The lowest BCUT2D eigenvalue weighted by Gasteiger charge is -2.15. The highest BCUT2D eigenvalue weighted by Gasteiger charge is 2.37. The van der Waals surface area contributed by atoms with Crippen LogP contribution in [0.3, 0.4) is 0 Å². The normalized spacial score (nSPS) is 11.8. The average Bonchev–Trinajstić information content (AvgIpc) is 3.23. The van der Waals surface area contributed by atoms with Crippen LogP contribution in [0.15, 0.2) is 73.3 Å². The molecule has 6 nitrogen and oxygen atoms in total. The van der Waals surface area contributed by atoms with E-state index in [9.17, 15) is 41.0 Å². The van der Waals surface area contributed by atoms with E-state index in [4.69, 9.17) is 17.3 Å². The molecule has 0 saturated heterocycles. The van der Waals surface area contributed by atoms with Crippen molar-refractivity contribution >= 4 is 46.7 Å². The molecule has 0 aliphatic heterocycles. The van der Waals surface area contributed by atoms with Gasteiger partial charge in [0, 0.05) is 18.7 Å². The first-order valence-electron chi connectivity index (χ1n) is 12.2. The third-order valence-corrected chi connectivity index (χ3v) is 7.75. The number of anilines is 1. The number of alkyl halides is 6. The first kappa shape index (κ1) is 31.5. The highest BCUT2D eigenvalue weighted by Crippen LogP contribution is 2.40. The second kappa shape index (κ2) is 12.1. The van der Waals surface area contributed by atoms with E-state index in [-0.39, 0.29) is 56.0 Å². The molecule has 4 rings (SSSR count). The van der Waals surface area contributed by atoms with Gasteiger partial charge in [-0.05, 0) is 83.0 Å². The van der Waals surface area contributed by atoms with E-state index < -0.39 is 35.4 Å². The van der Waals surface area contributed by atoms with Crippen molar-refractivity contribution in [2.75, 3.05) is 5.32 Å². The molecule has 0 bridgehead atoms. The number of hydrogen-bond donors (Lipinski definition) is 3. The van der Waals surface area contributed by atoms with Crippen LogP contribution in [0, 0.1) is 3.95 Å². The average molecular weight is 639 g/mol. The van der Waals surface area contributed by atoms with Crippen molar-refractivity contribution in [3.05, 3.63) is 104 Å². The number of carboxylic acid groups (broad SMARTS) is 1. The zero-order valence-electron chi connectivity index (χ0n) is 21.7. The van der Waals surface area contributed by atoms with Crippen molar-refractivity contribution in [3.63, 3.8) is 0 Å². The van der Waals surface area contributed by atoms with E-state index in [2.05, 4.69) is 11.9 Å². The monoisotopic (exact) mass is 638 g/mol. The molecule has 224 valence electrons. The molecule has 4 aromatic rings. The van der Waals surface area contributed by atoms with Gasteiger partial charge < -0.3 is 15.5 Å². The number of carbonyl (C=O) groups excluding carboxylic acids is 1. The largest absolute Gasteiger partial charge is 0.493 e. The third-order valence-electron chi connectivity index (χ3n) is 6.25. The number of aromatic nitrogens is 1. The highest BCUT2D eigenvalue weighted by atomic mass is 32.1. The zero-order chi connectivity index (χ0) is 31.7. The van der Waals surface area contributed by atoms with Crippen LogP contribution in [0.1, 0.15) is 38.3 Å². The topological polar surface area (TPSA) is 91.6 Å². The maximum Gasteiger partial charge on any atom is 0.416 e. The van der Waals surface area contributed by atoms with Gasteiger partial charge in [-0.25, -0.2) is 4.79 Å². The van der Waals surface area contributed by atoms with Gasteiger partial charge in [-0.2, -0.15) is 26.3 Å². The first-order chi connectivity index (χ1) is 20.0. The lowest BCUT2D eigenvalue weighted by atomic mass is 9.96. The van der Waals surface area contributed by atoms with E-state index in [1.165, 1.54) is 53.1 Å². The lowest BCUT2D eigenvalue weighted by Crippen LogP contribution is -2.14. The van der Waals surface area contributed by atoms with E-state index in [0.717, 1.165) is 11.3 Å². The minimum atomic E-state index is -5.00. The standard InChI is InChI=1S/C29H20F6N2O4S2/c1-15(17-3-2-4-18(11-17)19-12-20(28(30,31)32)14-21(13-19)29(33,34)35)24-25(39)37(27(42)43-24)10-9-23(38)36-22-7-5-16(6-8-22)26(40)41/h2-8,11-14,39H,1,9-10H2,(H,36,38)(H,40,41). The van der Waals surface area contributed by atoms with Crippen molar-refractivity contribution in [1.29, 1.82) is 0 Å². The molecule has 0 unspecified atom stereocenters. The van der Waals surface area contributed by atoms with Gasteiger partial charge in [0.1, 0.15) is 0 Å². The van der Waals surface area contributed by atoms with Gasteiger partial charge in [-0.15, -0.1) is 11.3 Å². The molecule has 14 heteroatoms. The van der Waals surface area contributed by atoms with E-state index >= 15 is 0 Å².